The highest BCUT2D eigenvalue weighted by atomic mass is 32.2. The number of hydrogen-bond acceptors (Lipinski definition) is 10. The minimum atomic E-state index is -4.76. The van der Waals surface area contributed by atoms with E-state index in [0.29, 0.717) is 50.4 Å². The first-order valence-electron chi connectivity index (χ1n) is 18.7. The molecule has 3 atom stereocenters. The van der Waals surface area contributed by atoms with E-state index in [2.05, 4.69) is 25.9 Å². The number of alkyl halides is 2. The first-order chi connectivity index (χ1) is 25.4. The molecule has 14 nitrogen and oxygen atoms in total. The van der Waals surface area contributed by atoms with Crippen molar-refractivity contribution in [1.82, 2.24) is 30.8 Å². The van der Waals surface area contributed by atoms with Crippen molar-refractivity contribution in [2.75, 3.05) is 45.1 Å². The number of aromatic nitrogens is 2. The standard InChI is InChI=1S/C37H56F2N6O8S/c1-35(2,3)54(51,52)24-28(20-26-10-6-4-7-11-26)32(46)43-30(22-29-23-40-25-42-29)33(47)44-31(21-27-12-8-5-9-13-27)37(49,50)36(38,39)34(48)41-14-15-45-16-18-53-19-17-45/h4,6-7,10-11,23,25,27-28,30-31,49-50H,5,8-9,12-22,24H2,1-3H3,(H,40,42)(H,41,48)(H,43,46)(H,44,47)/t28-,30+,31+/m1/s1. The van der Waals surface area contributed by atoms with Crippen LogP contribution in [0.15, 0.2) is 42.9 Å². The van der Waals surface area contributed by atoms with Gasteiger partial charge >= 0.3 is 5.92 Å². The summed E-state index contributed by atoms with van der Waals surface area (Å²) in [4.78, 5) is 49.7. The summed E-state index contributed by atoms with van der Waals surface area (Å²) in [5.74, 6) is -14.4. The Morgan fingerprint density at radius 3 is 2.28 bits per heavy atom. The van der Waals surface area contributed by atoms with Crippen LogP contribution in [0.1, 0.15) is 70.6 Å². The molecule has 2 heterocycles. The smallest absolute Gasteiger partial charge is 0.378 e. The van der Waals surface area contributed by atoms with Crippen LogP contribution in [0.2, 0.25) is 0 Å². The molecule has 6 N–H and O–H groups in total. The fraction of sp³-hybridized carbons (Fsp3) is 0.676. The van der Waals surface area contributed by atoms with Crippen LogP contribution in [0.4, 0.5) is 8.78 Å². The molecule has 2 aliphatic rings. The van der Waals surface area contributed by atoms with Gasteiger partial charge in [-0.1, -0.05) is 62.4 Å². The van der Waals surface area contributed by atoms with Gasteiger partial charge in [-0.25, -0.2) is 13.4 Å². The van der Waals surface area contributed by atoms with Gasteiger partial charge < -0.3 is 35.9 Å². The average Bonchev–Trinajstić information content (AvgIpc) is 3.64. The Morgan fingerprint density at radius 2 is 1.67 bits per heavy atom. The third kappa shape index (κ3) is 11.7. The highest BCUT2D eigenvalue weighted by Gasteiger charge is 2.62. The van der Waals surface area contributed by atoms with Crippen molar-refractivity contribution in [3.8, 4) is 0 Å². The minimum Gasteiger partial charge on any atom is -0.379 e. The van der Waals surface area contributed by atoms with Crippen molar-refractivity contribution in [3.63, 3.8) is 0 Å². The van der Waals surface area contributed by atoms with E-state index in [1.807, 2.05) is 4.90 Å². The van der Waals surface area contributed by atoms with Gasteiger partial charge in [0.2, 0.25) is 11.8 Å². The number of halogens is 2. The molecule has 54 heavy (non-hydrogen) atoms. The summed E-state index contributed by atoms with van der Waals surface area (Å²) in [5, 5.41) is 29.5. The second-order valence-corrected chi connectivity index (χ2v) is 18.2. The highest BCUT2D eigenvalue weighted by Crippen LogP contribution is 2.36. The molecule has 1 aromatic heterocycles. The number of carbonyl (C=O) groups is 3. The molecule has 0 radical (unpaired) electrons. The van der Waals surface area contributed by atoms with Crippen molar-refractivity contribution in [2.24, 2.45) is 11.8 Å². The van der Waals surface area contributed by atoms with Crippen molar-refractivity contribution in [2.45, 2.75) is 101 Å². The lowest BCUT2D eigenvalue weighted by Crippen LogP contribution is -2.68. The number of sulfone groups is 1. The number of amides is 3. The molecule has 0 spiro atoms. The maximum Gasteiger partial charge on any atom is 0.378 e. The number of benzene rings is 1. The predicted molar refractivity (Wildman–Crippen MR) is 197 cm³/mol. The molecule has 0 bridgehead atoms. The number of hydrogen-bond donors (Lipinski definition) is 6. The zero-order valence-corrected chi connectivity index (χ0v) is 32.2. The number of nitrogens with one attached hydrogen (secondary N) is 4. The van der Waals surface area contributed by atoms with E-state index < -0.39 is 67.8 Å². The first-order valence-corrected chi connectivity index (χ1v) is 20.3. The molecule has 2 fully saturated rings. The maximum absolute atomic E-state index is 15.9. The highest BCUT2D eigenvalue weighted by molar-refractivity contribution is 7.92. The number of rotatable bonds is 18. The molecule has 1 aliphatic carbocycles. The summed E-state index contributed by atoms with van der Waals surface area (Å²) in [7, 11) is -3.83. The number of H-pyrrole nitrogens is 1. The molecule has 1 aromatic carbocycles. The summed E-state index contributed by atoms with van der Waals surface area (Å²) in [6, 6.07) is 5.25. The Bertz CT molecular complexity index is 1610. The second kappa shape index (κ2) is 18.9. The topological polar surface area (TPSA) is 203 Å². The molecule has 1 saturated heterocycles. The largest absolute Gasteiger partial charge is 0.379 e. The number of carbonyl (C=O) groups excluding carboxylic acids is 3. The van der Waals surface area contributed by atoms with E-state index in [9.17, 15) is 33.0 Å². The quantitative estimate of drug-likeness (QED) is 0.121. The van der Waals surface area contributed by atoms with E-state index >= 15 is 8.78 Å². The zero-order chi connectivity index (χ0) is 39.6. The van der Waals surface area contributed by atoms with Gasteiger partial charge in [0, 0.05) is 44.5 Å². The Labute approximate surface area is 316 Å². The first kappa shape index (κ1) is 43.2. The van der Waals surface area contributed by atoms with Crippen LogP contribution >= 0.6 is 0 Å². The lowest BCUT2D eigenvalue weighted by molar-refractivity contribution is -0.297. The van der Waals surface area contributed by atoms with E-state index in [0.717, 1.165) is 19.3 Å². The lowest BCUT2D eigenvalue weighted by atomic mass is 9.81. The lowest BCUT2D eigenvalue weighted by Gasteiger charge is -2.39. The van der Waals surface area contributed by atoms with Gasteiger partial charge in [-0.05, 0) is 45.1 Å². The Morgan fingerprint density at radius 1 is 1.00 bits per heavy atom. The van der Waals surface area contributed by atoms with Crippen LogP contribution < -0.4 is 16.0 Å². The number of aliphatic hydroxyl groups is 2. The molecule has 1 saturated carbocycles. The minimum absolute atomic E-state index is 0.0218. The summed E-state index contributed by atoms with van der Waals surface area (Å²) < 4.78 is 62.5. The molecule has 0 unspecified atom stereocenters. The Hall–Kier alpha value is -3.51. The zero-order valence-electron chi connectivity index (χ0n) is 31.4. The summed E-state index contributed by atoms with van der Waals surface area (Å²) >= 11 is 0. The van der Waals surface area contributed by atoms with Crippen LogP contribution in [0.3, 0.4) is 0 Å². The van der Waals surface area contributed by atoms with Crippen molar-refractivity contribution in [3.05, 3.63) is 54.1 Å². The van der Waals surface area contributed by atoms with E-state index in [1.165, 1.54) is 33.3 Å². The van der Waals surface area contributed by atoms with Gasteiger partial charge in [0.15, 0.2) is 9.84 Å². The van der Waals surface area contributed by atoms with Gasteiger partial charge in [-0.2, -0.15) is 8.78 Å². The van der Waals surface area contributed by atoms with Crippen LogP contribution in [0, 0.1) is 11.8 Å². The number of aromatic amines is 1. The van der Waals surface area contributed by atoms with Crippen LogP contribution in [-0.2, 0) is 41.8 Å². The molecule has 17 heteroatoms. The van der Waals surface area contributed by atoms with Crippen LogP contribution in [-0.4, -0.2) is 125 Å². The third-order valence-corrected chi connectivity index (χ3v) is 13.0. The maximum atomic E-state index is 15.9. The summed E-state index contributed by atoms with van der Waals surface area (Å²) in [6.07, 6.45) is 5.94. The van der Waals surface area contributed by atoms with Crippen LogP contribution in [0.25, 0.3) is 0 Å². The molecule has 2 aromatic rings. The van der Waals surface area contributed by atoms with E-state index in [4.69, 9.17) is 4.74 Å². The Kier molecular flexibility index (Phi) is 15.1. The van der Waals surface area contributed by atoms with Crippen molar-refractivity contribution >= 4 is 27.6 Å². The third-order valence-electron chi connectivity index (χ3n) is 10.3. The van der Waals surface area contributed by atoms with Gasteiger partial charge in [-0.15, -0.1) is 0 Å². The number of nitrogens with zero attached hydrogens (tertiary/aromatic N) is 2. The van der Waals surface area contributed by atoms with E-state index in [-0.39, 0.29) is 38.3 Å². The second-order valence-electron chi connectivity index (χ2n) is 15.4. The molecule has 3 amide bonds. The van der Waals surface area contributed by atoms with E-state index in [1.54, 1.807) is 30.3 Å². The van der Waals surface area contributed by atoms with Crippen molar-refractivity contribution in [1.29, 1.82) is 0 Å². The SMILES string of the molecule is CC(C)(C)S(=O)(=O)C[C@@H](Cc1ccccc1)C(=O)N[C@@H](Cc1cnc[nH]1)C(=O)N[C@@H](CC1CCCCC1)C(O)(O)C(F)(F)C(=O)NCCN1CCOCC1. The Balaban J connectivity index is 1.59. The molecular weight excluding hydrogens is 727 g/mol. The fourth-order valence-corrected chi connectivity index (χ4v) is 8.06. The normalized spacial score (nSPS) is 18.4. The average molecular weight is 783 g/mol. The van der Waals surface area contributed by atoms with Gasteiger partial charge in [-0.3, -0.25) is 19.3 Å². The number of morpholine rings is 1. The summed E-state index contributed by atoms with van der Waals surface area (Å²) in [6.45, 7) is 6.68. The monoisotopic (exact) mass is 782 g/mol. The van der Waals surface area contributed by atoms with Gasteiger partial charge in [0.1, 0.15) is 6.04 Å². The fourth-order valence-electron chi connectivity index (χ4n) is 6.76. The number of imidazole rings is 1. The van der Waals surface area contributed by atoms with Crippen molar-refractivity contribution < 1.29 is 46.5 Å². The van der Waals surface area contributed by atoms with Gasteiger partial charge in [0.25, 0.3) is 11.7 Å². The molecule has 4 rings (SSSR count). The molecule has 302 valence electrons. The predicted octanol–water partition coefficient (Wildman–Crippen LogP) is 1.73. The number of ether oxygens (including phenoxy) is 1. The summed E-state index contributed by atoms with van der Waals surface area (Å²) in [5.41, 5.74) is 1.06. The molecular formula is C37H56F2N6O8S. The van der Waals surface area contributed by atoms with Crippen LogP contribution in [0.5, 0.6) is 0 Å². The van der Waals surface area contributed by atoms with Gasteiger partial charge in [0.05, 0.1) is 42.0 Å². The molecule has 1 aliphatic heterocycles.